The Bertz CT molecular complexity index is 385. The van der Waals surface area contributed by atoms with E-state index in [1.165, 1.54) is 0 Å². The minimum absolute atomic E-state index is 0.498. The Kier molecular flexibility index (Phi) is 5.36. The largest absolute Gasteiger partial charge is 0.496 e. The van der Waals surface area contributed by atoms with Crippen molar-refractivity contribution in [2.24, 2.45) is 0 Å². The first-order valence-corrected chi connectivity index (χ1v) is 5.22. The molecule has 17 heavy (non-hydrogen) atoms. The molecule has 4 nitrogen and oxygen atoms in total. The first kappa shape index (κ1) is 13.4. The summed E-state index contributed by atoms with van der Waals surface area (Å²) in [5.74, 6) is 2.11. The zero-order valence-electron chi connectivity index (χ0n) is 10.6. The summed E-state index contributed by atoms with van der Waals surface area (Å²) >= 11 is 0. The molecule has 0 aliphatic rings. The Labute approximate surface area is 102 Å². The molecule has 1 rings (SSSR count). The summed E-state index contributed by atoms with van der Waals surface area (Å²) < 4.78 is 20.7. The third kappa shape index (κ3) is 3.39. The van der Waals surface area contributed by atoms with Gasteiger partial charge in [-0.1, -0.05) is 0 Å². The van der Waals surface area contributed by atoms with E-state index in [9.17, 15) is 0 Å². The summed E-state index contributed by atoms with van der Waals surface area (Å²) in [6, 6.07) is 5.62. The Morgan fingerprint density at radius 1 is 1.06 bits per heavy atom. The maximum atomic E-state index is 5.30. The summed E-state index contributed by atoms with van der Waals surface area (Å²) in [6.45, 7) is 0.498. The van der Waals surface area contributed by atoms with E-state index in [1.807, 2.05) is 24.3 Å². The fraction of sp³-hybridized carbons (Fsp3) is 0.385. The lowest BCUT2D eigenvalue weighted by molar-refractivity contribution is 0.231. The number of ether oxygens (including phenoxy) is 4. The molecular weight excluding hydrogens is 220 g/mol. The van der Waals surface area contributed by atoms with E-state index in [2.05, 4.69) is 0 Å². The van der Waals surface area contributed by atoms with E-state index < -0.39 is 0 Å². The van der Waals surface area contributed by atoms with E-state index in [0.717, 1.165) is 11.3 Å². The molecule has 0 unspecified atom stereocenters. The molecule has 0 amide bonds. The number of hydrogen-bond acceptors (Lipinski definition) is 4. The average Bonchev–Trinajstić information content (AvgIpc) is 2.39. The van der Waals surface area contributed by atoms with Gasteiger partial charge in [-0.05, 0) is 24.3 Å². The van der Waals surface area contributed by atoms with E-state index in [1.54, 1.807) is 28.4 Å². The van der Waals surface area contributed by atoms with Crippen LogP contribution in [0.2, 0.25) is 0 Å². The molecule has 0 saturated carbocycles. The van der Waals surface area contributed by atoms with Crippen LogP contribution in [0.25, 0.3) is 5.76 Å². The summed E-state index contributed by atoms with van der Waals surface area (Å²) in [5, 5.41) is 0. The Hall–Kier alpha value is -1.68. The van der Waals surface area contributed by atoms with Gasteiger partial charge >= 0.3 is 0 Å². The highest BCUT2D eigenvalue weighted by atomic mass is 16.5. The third-order valence-electron chi connectivity index (χ3n) is 2.32. The van der Waals surface area contributed by atoms with E-state index >= 15 is 0 Å². The SMILES string of the molecule is COC/C=C(/OC)c1ccc(OC)c(OC)c1. The van der Waals surface area contributed by atoms with Crippen LogP contribution in [0.1, 0.15) is 5.56 Å². The van der Waals surface area contributed by atoms with Gasteiger partial charge in [0.1, 0.15) is 5.76 Å². The second-order valence-corrected chi connectivity index (χ2v) is 3.30. The fourth-order valence-corrected chi connectivity index (χ4v) is 1.47. The van der Waals surface area contributed by atoms with Crippen molar-refractivity contribution in [3.8, 4) is 11.5 Å². The van der Waals surface area contributed by atoms with E-state index in [-0.39, 0.29) is 0 Å². The van der Waals surface area contributed by atoms with Gasteiger partial charge in [0, 0.05) is 12.7 Å². The van der Waals surface area contributed by atoms with Crippen molar-refractivity contribution in [3.63, 3.8) is 0 Å². The molecule has 0 aliphatic heterocycles. The van der Waals surface area contributed by atoms with Crippen molar-refractivity contribution in [2.75, 3.05) is 35.0 Å². The van der Waals surface area contributed by atoms with Crippen LogP contribution in [0.5, 0.6) is 11.5 Å². The minimum atomic E-state index is 0.498. The molecule has 0 bridgehead atoms. The van der Waals surface area contributed by atoms with Gasteiger partial charge in [0.2, 0.25) is 0 Å². The van der Waals surface area contributed by atoms with Crippen molar-refractivity contribution in [3.05, 3.63) is 29.8 Å². The summed E-state index contributed by atoms with van der Waals surface area (Å²) in [5.41, 5.74) is 0.919. The summed E-state index contributed by atoms with van der Waals surface area (Å²) in [7, 11) is 6.47. The smallest absolute Gasteiger partial charge is 0.161 e. The number of methoxy groups -OCH3 is 4. The molecule has 0 spiro atoms. The average molecular weight is 238 g/mol. The zero-order valence-corrected chi connectivity index (χ0v) is 10.6. The van der Waals surface area contributed by atoms with Crippen molar-refractivity contribution in [1.29, 1.82) is 0 Å². The first-order valence-electron chi connectivity index (χ1n) is 5.22. The summed E-state index contributed by atoms with van der Waals surface area (Å²) in [6.07, 6.45) is 1.86. The van der Waals surface area contributed by atoms with Gasteiger partial charge in [-0.3, -0.25) is 0 Å². The maximum absolute atomic E-state index is 5.30. The molecule has 0 radical (unpaired) electrons. The molecular formula is C13H18O4. The highest BCUT2D eigenvalue weighted by Gasteiger charge is 2.07. The predicted molar refractivity (Wildman–Crippen MR) is 66.4 cm³/mol. The Morgan fingerprint density at radius 2 is 1.76 bits per heavy atom. The van der Waals surface area contributed by atoms with Gasteiger partial charge in [0.05, 0.1) is 27.9 Å². The molecule has 1 aromatic rings. The monoisotopic (exact) mass is 238 g/mol. The molecule has 0 aromatic heterocycles. The van der Waals surface area contributed by atoms with Gasteiger partial charge in [-0.25, -0.2) is 0 Å². The highest BCUT2D eigenvalue weighted by molar-refractivity contribution is 5.63. The first-order chi connectivity index (χ1) is 8.26. The second kappa shape index (κ2) is 6.81. The third-order valence-corrected chi connectivity index (χ3v) is 2.32. The van der Waals surface area contributed by atoms with Crippen molar-refractivity contribution in [1.82, 2.24) is 0 Å². The quantitative estimate of drug-likeness (QED) is 0.713. The molecule has 0 heterocycles. The van der Waals surface area contributed by atoms with Gasteiger partial charge < -0.3 is 18.9 Å². The molecule has 0 saturated heterocycles. The molecule has 94 valence electrons. The van der Waals surface area contributed by atoms with Gasteiger partial charge in [-0.15, -0.1) is 0 Å². The molecule has 4 heteroatoms. The number of rotatable bonds is 6. The van der Waals surface area contributed by atoms with Crippen molar-refractivity contribution in [2.45, 2.75) is 0 Å². The topological polar surface area (TPSA) is 36.9 Å². The molecule has 0 aliphatic carbocycles. The minimum Gasteiger partial charge on any atom is -0.496 e. The predicted octanol–water partition coefficient (Wildman–Crippen LogP) is 2.34. The van der Waals surface area contributed by atoms with Crippen LogP contribution in [-0.2, 0) is 9.47 Å². The normalized spacial score (nSPS) is 11.2. The molecule has 0 N–H and O–H groups in total. The van der Waals surface area contributed by atoms with Crippen LogP contribution in [-0.4, -0.2) is 35.0 Å². The van der Waals surface area contributed by atoms with Crippen molar-refractivity contribution >= 4 is 5.76 Å². The van der Waals surface area contributed by atoms with Gasteiger partial charge in [0.15, 0.2) is 11.5 Å². The number of hydrogen-bond donors (Lipinski definition) is 0. The highest BCUT2D eigenvalue weighted by Crippen LogP contribution is 2.30. The lowest BCUT2D eigenvalue weighted by Gasteiger charge is -2.11. The van der Waals surface area contributed by atoms with E-state index in [0.29, 0.717) is 18.1 Å². The van der Waals surface area contributed by atoms with Crippen LogP contribution in [0.15, 0.2) is 24.3 Å². The van der Waals surface area contributed by atoms with Crippen LogP contribution < -0.4 is 9.47 Å². The fourth-order valence-electron chi connectivity index (χ4n) is 1.47. The standard InChI is InChI=1S/C13H18O4/c1-14-8-7-11(15-2)10-5-6-12(16-3)13(9-10)17-4/h5-7,9H,8H2,1-4H3/b11-7+. The van der Waals surface area contributed by atoms with Crippen molar-refractivity contribution < 1.29 is 18.9 Å². The second-order valence-electron chi connectivity index (χ2n) is 3.30. The van der Waals surface area contributed by atoms with Gasteiger partial charge in [0.25, 0.3) is 0 Å². The van der Waals surface area contributed by atoms with Crippen LogP contribution in [0.4, 0.5) is 0 Å². The van der Waals surface area contributed by atoms with Gasteiger partial charge in [-0.2, -0.15) is 0 Å². The number of benzene rings is 1. The van der Waals surface area contributed by atoms with E-state index in [4.69, 9.17) is 18.9 Å². The molecule has 0 fully saturated rings. The Morgan fingerprint density at radius 3 is 2.29 bits per heavy atom. The maximum Gasteiger partial charge on any atom is 0.161 e. The molecule has 1 aromatic carbocycles. The zero-order chi connectivity index (χ0) is 12.7. The molecule has 0 atom stereocenters. The van der Waals surface area contributed by atoms with Crippen LogP contribution in [0.3, 0.4) is 0 Å². The lowest BCUT2D eigenvalue weighted by atomic mass is 10.1. The Balaban J connectivity index is 3.04. The summed E-state index contributed by atoms with van der Waals surface area (Å²) in [4.78, 5) is 0. The van der Waals surface area contributed by atoms with Crippen LogP contribution >= 0.6 is 0 Å². The van der Waals surface area contributed by atoms with Crippen LogP contribution in [0, 0.1) is 0 Å². The lowest BCUT2D eigenvalue weighted by Crippen LogP contribution is -1.95.